The molecule has 0 radical (unpaired) electrons. The van der Waals surface area contributed by atoms with Crippen LogP contribution >= 0.6 is 0 Å². The van der Waals surface area contributed by atoms with Crippen molar-refractivity contribution in [1.29, 1.82) is 5.26 Å². The molecule has 17 heavy (non-hydrogen) atoms. The van der Waals surface area contributed by atoms with Crippen molar-refractivity contribution in [2.75, 3.05) is 33.7 Å². The van der Waals surface area contributed by atoms with Crippen molar-refractivity contribution < 1.29 is 4.52 Å². The zero-order chi connectivity index (χ0) is 12.3. The van der Waals surface area contributed by atoms with E-state index >= 15 is 0 Å². The van der Waals surface area contributed by atoms with E-state index in [9.17, 15) is 0 Å². The standard InChI is InChI=1S/C11H17N5O/c1-15-6-3-7-16(2)9(8-15)11-13-10(4-5-12)17-14-11/h9H,3-4,6-8H2,1-2H3. The molecule has 1 aliphatic rings. The smallest absolute Gasteiger partial charge is 0.240 e. The summed E-state index contributed by atoms with van der Waals surface area (Å²) in [6, 6.07) is 2.16. The summed E-state index contributed by atoms with van der Waals surface area (Å²) in [5.41, 5.74) is 0. The van der Waals surface area contributed by atoms with E-state index in [1.807, 2.05) is 6.07 Å². The first-order chi connectivity index (χ1) is 8.20. The van der Waals surface area contributed by atoms with Gasteiger partial charge in [-0.25, -0.2) is 0 Å². The largest absolute Gasteiger partial charge is 0.338 e. The molecule has 92 valence electrons. The van der Waals surface area contributed by atoms with E-state index in [1.54, 1.807) is 0 Å². The van der Waals surface area contributed by atoms with E-state index in [-0.39, 0.29) is 12.5 Å². The molecule has 6 heteroatoms. The number of hydrogen-bond donors (Lipinski definition) is 0. The highest BCUT2D eigenvalue weighted by molar-refractivity contribution is 4.99. The van der Waals surface area contributed by atoms with Crippen molar-refractivity contribution in [2.24, 2.45) is 0 Å². The number of hydrogen-bond acceptors (Lipinski definition) is 6. The van der Waals surface area contributed by atoms with Crippen LogP contribution in [0.3, 0.4) is 0 Å². The summed E-state index contributed by atoms with van der Waals surface area (Å²) >= 11 is 0. The third-order valence-corrected chi connectivity index (χ3v) is 3.08. The second-order valence-electron chi connectivity index (χ2n) is 4.49. The Bertz CT molecular complexity index is 410. The van der Waals surface area contributed by atoms with Crippen LogP contribution < -0.4 is 0 Å². The van der Waals surface area contributed by atoms with Crippen LogP contribution in [0, 0.1) is 11.3 Å². The minimum absolute atomic E-state index is 0.152. The molecule has 1 aliphatic heterocycles. The molecular weight excluding hydrogens is 218 g/mol. The fourth-order valence-corrected chi connectivity index (χ4v) is 2.09. The van der Waals surface area contributed by atoms with Gasteiger partial charge in [-0.2, -0.15) is 10.2 Å². The Morgan fingerprint density at radius 1 is 1.47 bits per heavy atom. The molecule has 1 saturated heterocycles. The van der Waals surface area contributed by atoms with Gasteiger partial charge in [0.15, 0.2) is 5.82 Å². The first-order valence-corrected chi connectivity index (χ1v) is 5.79. The van der Waals surface area contributed by atoms with Gasteiger partial charge in [-0.05, 0) is 33.6 Å². The van der Waals surface area contributed by atoms with E-state index < -0.39 is 0 Å². The van der Waals surface area contributed by atoms with Gasteiger partial charge in [-0.15, -0.1) is 0 Å². The lowest BCUT2D eigenvalue weighted by atomic mass is 10.2. The quantitative estimate of drug-likeness (QED) is 0.741. The van der Waals surface area contributed by atoms with Gasteiger partial charge in [0.25, 0.3) is 0 Å². The first kappa shape index (κ1) is 12.0. The minimum atomic E-state index is 0.152. The monoisotopic (exact) mass is 235 g/mol. The van der Waals surface area contributed by atoms with Crippen LogP contribution in [0.4, 0.5) is 0 Å². The summed E-state index contributed by atoms with van der Waals surface area (Å²) in [6.45, 7) is 3.00. The Morgan fingerprint density at radius 2 is 2.29 bits per heavy atom. The van der Waals surface area contributed by atoms with E-state index in [0.717, 1.165) is 26.1 Å². The van der Waals surface area contributed by atoms with Crippen LogP contribution in [0.15, 0.2) is 4.52 Å². The van der Waals surface area contributed by atoms with Crippen molar-refractivity contribution in [1.82, 2.24) is 19.9 Å². The van der Waals surface area contributed by atoms with Crippen molar-refractivity contribution in [2.45, 2.75) is 18.9 Å². The third-order valence-electron chi connectivity index (χ3n) is 3.08. The molecule has 0 saturated carbocycles. The van der Waals surface area contributed by atoms with Crippen molar-refractivity contribution in [3.63, 3.8) is 0 Å². The molecule has 1 aromatic heterocycles. The fraction of sp³-hybridized carbons (Fsp3) is 0.727. The molecule has 1 fully saturated rings. The highest BCUT2D eigenvalue weighted by Gasteiger charge is 2.26. The predicted molar refractivity (Wildman–Crippen MR) is 61.1 cm³/mol. The van der Waals surface area contributed by atoms with Crippen molar-refractivity contribution in [3.05, 3.63) is 11.7 Å². The molecule has 0 N–H and O–H groups in total. The van der Waals surface area contributed by atoms with Crippen LogP contribution in [0.5, 0.6) is 0 Å². The van der Waals surface area contributed by atoms with Crippen LogP contribution in [-0.2, 0) is 6.42 Å². The number of nitrogens with zero attached hydrogens (tertiary/aromatic N) is 5. The molecule has 0 bridgehead atoms. The average Bonchev–Trinajstić information content (AvgIpc) is 2.67. The van der Waals surface area contributed by atoms with Gasteiger partial charge in [0.2, 0.25) is 5.89 Å². The summed E-state index contributed by atoms with van der Waals surface area (Å²) in [7, 11) is 4.17. The first-order valence-electron chi connectivity index (χ1n) is 5.79. The topological polar surface area (TPSA) is 69.2 Å². The Labute approximate surface area is 101 Å². The second-order valence-corrected chi connectivity index (χ2v) is 4.49. The van der Waals surface area contributed by atoms with Crippen LogP contribution in [0.25, 0.3) is 0 Å². The fourth-order valence-electron chi connectivity index (χ4n) is 2.09. The van der Waals surface area contributed by atoms with Gasteiger partial charge in [0, 0.05) is 6.54 Å². The molecule has 0 amide bonds. The maximum absolute atomic E-state index is 8.58. The van der Waals surface area contributed by atoms with Crippen molar-refractivity contribution >= 4 is 0 Å². The van der Waals surface area contributed by atoms with Gasteiger partial charge < -0.3 is 9.42 Å². The van der Waals surface area contributed by atoms with Gasteiger partial charge in [-0.1, -0.05) is 5.16 Å². The third kappa shape index (κ3) is 2.81. The number of aromatic nitrogens is 2. The molecule has 6 nitrogen and oxygen atoms in total. The normalized spacial score (nSPS) is 23.2. The Morgan fingerprint density at radius 3 is 3.06 bits per heavy atom. The van der Waals surface area contributed by atoms with Crippen LogP contribution in [0.1, 0.15) is 24.2 Å². The summed E-state index contributed by atoms with van der Waals surface area (Å²) in [5.74, 6) is 1.09. The lowest BCUT2D eigenvalue weighted by Gasteiger charge is -2.24. The van der Waals surface area contributed by atoms with E-state index in [0.29, 0.717) is 11.7 Å². The second kappa shape index (κ2) is 5.25. The maximum atomic E-state index is 8.58. The lowest BCUT2D eigenvalue weighted by Crippen LogP contribution is -2.31. The molecule has 2 rings (SSSR count). The Hall–Kier alpha value is -1.45. The number of nitriles is 1. The molecule has 1 unspecified atom stereocenters. The van der Waals surface area contributed by atoms with Gasteiger partial charge in [-0.3, -0.25) is 4.90 Å². The molecule has 0 aliphatic carbocycles. The van der Waals surface area contributed by atoms with Crippen LogP contribution in [-0.4, -0.2) is 53.7 Å². The molecule has 1 atom stereocenters. The number of rotatable bonds is 2. The zero-order valence-corrected chi connectivity index (χ0v) is 10.3. The maximum Gasteiger partial charge on any atom is 0.240 e. The van der Waals surface area contributed by atoms with Gasteiger partial charge in [0.05, 0.1) is 12.1 Å². The highest BCUT2D eigenvalue weighted by Crippen LogP contribution is 2.20. The van der Waals surface area contributed by atoms with E-state index in [1.165, 1.54) is 0 Å². The Kier molecular flexibility index (Phi) is 3.71. The molecule has 0 aromatic carbocycles. The Balaban J connectivity index is 2.15. The summed E-state index contributed by atoms with van der Waals surface area (Å²) in [6.07, 6.45) is 1.33. The van der Waals surface area contributed by atoms with Gasteiger partial charge >= 0.3 is 0 Å². The lowest BCUT2D eigenvalue weighted by molar-refractivity contribution is 0.214. The van der Waals surface area contributed by atoms with Gasteiger partial charge in [0.1, 0.15) is 6.42 Å². The van der Waals surface area contributed by atoms with E-state index in [4.69, 9.17) is 9.78 Å². The minimum Gasteiger partial charge on any atom is -0.338 e. The molecule has 0 spiro atoms. The molecule has 2 heterocycles. The summed E-state index contributed by atoms with van der Waals surface area (Å²) < 4.78 is 5.05. The number of likely N-dealkylation sites (N-methyl/N-ethyl adjacent to an activating group) is 2. The van der Waals surface area contributed by atoms with E-state index in [2.05, 4.69) is 34.0 Å². The summed E-state index contributed by atoms with van der Waals surface area (Å²) in [5, 5.41) is 12.6. The van der Waals surface area contributed by atoms with Crippen LogP contribution in [0.2, 0.25) is 0 Å². The van der Waals surface area contributed by atoms with Crippen molar-refractivity contribution in [3.8, 4) is 6.07 Å². The highest BCUT2D eigenvalue weighted by atomic mass is 16.5. The SMILES string of the molecule is CN1CCCN(C)C(c2noc(CC#N)n2)C1. The average molecular weight is 235 g/mol. The predicted octanol–water partition coefficient (Wildman–Crippen LogP) is 0.444. The molecular formula is C11H17N5O. The summed E-state index contributed by atoms with van der Waals surface area (Å²) in [4.78, 5) is 8.79. The molecule has 1 aromatic rings. The zero-order valence-electron chi connectivity index (χ0n) is 10.3.